The standard InChI is InChI=1S/C21H23F3N2O3/c1-19(2)12-20(3,4)29-17-10-7-14(11-16(17)19)26-18(27)25-13-5-8-15(9-6-13)28-21(22,23)24/h5-11H,12H2,1-4H3,(H2,25,26,27). The Bertz CT molecular complexity index is 906. The highest BCUT2D eigenvalue weighted by atomic mass is 19.4. The number of hydrogen-bond acceptors (Lipinski definition) is 3. The first kappa shape index (κ1) is 20.8. The summed E-state index contributed by atoms with van der Waals surface area (Å²) in [5.41, 5.74) is 1.53. The van der Waals surface area contributed by atoms with Crippen molar-refractivity contribution in [3.8, 4) is 11.5 Å². The Morgan fingerprint density at radius 3 is 2.21 bits per heavy atom. The van der Waals surface area contributed by atoms with Crippen molar-refractivity contribution >= 4 is 17.4 Å². The van der Waals surface area contributed by atoms with Crippen molar-refractivity contribution in [2.45, 2.75) is 51.5 Å². The van der Waals surface area contributed by atoms with Crippen LogP contribution in [0.15, 0.2) is 42.5 Å². The molecule has 0 radical (unpaired) electrons. The molecule has 1 aliphatic rings. The Morgan fingerprint density at radius 1 is 1.00 bits per heavy atom. The molecule has 0 saturated carbocycles. The summed E-state index contributed by atoms with van der Waals surface area (Å²) in [4.78, 5) is 12.3. The number of carbonyl (C=O) groups is 1. The predicted octanol–water partition coefficient (Wildman–Crippen LogP) is 6.07. The van der Waals surface area contributed by atoms with E-state index >= 15 is 0 Å². The third-order valence-electron chi connectivity index (χ3n) is 4.57. The van der Waals surface area contributed by atoms with Crippen molar-refractivity contribution in [3.05, 3.63) is 48.0 Å². The number of amides is 2. The quantitative estimate of drug-likeness (QED) is 0.648. The molecule has 156 valence electrons. The van der Waals surface area contributed by atoms with Crippen LogP contribution in [-0.4, -0.2) is 18.0 Å². The second-order valence-electron chi connectivity index (χ2n) is 8.28. The first-order valence-electron chi connectivity index (χ1n) is 9.10. The number of carbonyl (C=O) groups excluding carboxylic acids is 1. The molecule has 0 saturated heterocycles. The fourth-order valence-electron chi connectivity index (χ4n) is 3.75. The van der Waals surface area contributed by atoms with Crippen molar-refractivity contribution < 1.29 is 27.4 Å². The molecule has 0 aromatic heterocycles. The van der Waals surface area contributed by atoms with Gasteiger partial charge in [0.15, 0.2) is 0 Å². The van der Waals surface area contributed by atoms with E-state index in [-0.39, 0.29) is 16.8 Å². The lowest BCUT2D eigenvalue weighted by Gasteiger charge is -2.42. The van der Waals surface area contributed by atoms with Crippen molar-refractivity contribution in [2.24, 2.45) is 0 Å². The van der Waals surface area contributed by atoms with Crippen LogP contribution < -0.4 is 20.1 Å². The van der Waals surface area contributed by atoms with E-state index in [2.05, 4.69) is 29.2 Å². The Labute approximate surface area is 167 Å². The molecule has 1 aliphatic heterocycles. The molecule has 0 aliphatic carbocycles. The van der Waals surface area contributed by atoms with Crippen LogP contribution in [0.2, 0.25) is 0 Å². The minimum atomic E-state index is -4.76. The summed E-state index contributed by atoms with van der Waals surface area (Å²) in [5.74, 6) is 0.431. The zero-order valence-corrected chi connectivity index (χ0v) is 16.6. The molecule has 0 spiro atoms. The van der Waals surface area contributed by atoms with Crippen LogP contribution in [-0.2, 0) is 5.41 Å². The molecule has 2 N–H and O–H groups in total. The summed E-state index contributed by atoms with van der Waals surface area (Å²) in [7, 11) is 0. The van der Waals surface area contributed by atoms with E-state index in [1.165, 1.54) is 12.1 Å². The topological polar surface area (TPSA) is 59.6 Å². The van der Waals surface area contributed by atoms with Crippen molar-refractivity contribution in [1.29, 1.82) is 0 Å². The highest BCUT2D eigenvalue weighted by Crippen LogP contribution is 2.45. The van der Waals surface area contributed by atoms with Gasteiger partial charge in [-0.2, -0.15) is 0 Å². The lowest BCUT2D eigenvalue weighted by atomic mass is 9.73. The molecule has 0 unspecified atom stereocenters. The molecule has 0 fully saturated rings. The normalized spacial score (nSPS) is 16.9. The molecule has 0 atom stereocenters. The van der Waals surface area contributed by atoms with Crippen LogP contribution in [0.3, 0.4) is 0 Å². The molecule has 2 amide bonds. The second-order valence-corrected chi connectivity index (χ2v) is 8.28. The summed E-state index contributed by atoms with van der Waals surface area (Å²) < 4.78 is 46.4. The fourth-order valence-corrected chi connectivity index (χ4v) is 3.75. The predicted molar refractivity (Wildman–Crippen MR) is 105 cm³/mol. The number of benzene rings is 2. The number of halogens is 3. The van der Waals surface area contributed by atoms with E-state index in [1.54, 1.807) is 6.07 Å². The number of hydrogen-bond donors (Lipinski definition) is 2. The first-order chi connectivity index (χ1) is 13.3. The molecular formula is C21H23F3N2O3. The van der Waals surface area contributed by atoms with Crippen LogP contribution >= 0.6 is 0 Å². The smallest absolute Gasteiger partial charge is 0.488 e. The molecule has 5 nitrogen and oxygen atoms in total. The van der Waals surface area contributed by atoms with Gasteiger partial charge in [0.1, 0.15) is 17.1 Å². The molecule has 1 heterocycles. The van der Waals surface area contributed by atoms with Gasteiger partial charge in [-0.05, 0) is 68.1 Å². The average molecular weight is 408 g/mol. The fraction of sp³-hybridized carbons (Fsp3) is 0.381. The molecule has 29 heavy (non-hydrogen) atoms. The molecule has 2 aromatic carbocycles. The maximum Gasteiger partial charge on any atom is 0.573 e. The summed E-state index contributed by atoms with van der Waals surface area (Å²) >= 11 is 0. The van der Waals surface area contributed by atoms with Crippen LogP contribution in [0.25, 0.3) is 0 Å². The van der Waals surface area contributed by atoms with Gasteiger partial charge in [-0.15, -0.1) is 13.2 Å². The van der Waals surface area contributed by atoms with E-state index in [4.69, 9.17) is 4.74 Å². The van der Waals surface area contributed by atoms with Gasteiger partial charge in [0.2, 0.25) is 0 Å². The van der Waals surface area contributed by atoms with E-state index in [0.29, 0.717) is 11.4 Å². The van der Waals surface area contributed by atoms with Crippen molar-refractivity contribution in [2.75, 3.05) is 10.6 Å². The van der Waals surface area contributed by atoms with Gasteiger partial charge >= 0.3 is 12.4 Å². The summed E-state index contributed by atoms with van der Waals surface area (Å²) in [6.07, 6.45) is -3.93. The van der Waals surface area contributed by atoms with Gasteiger partial charge in [-0.3, -0.25) is 0 Å². The minimum Gasteiger partial charge on any atom is -0.488 e. The van der Waals surface area contributed by atoms with Gasteiger partial charge in [-0.25, -0.2) is 4.79 Å². The monoisotopic (exact) mass is 408 g/mol. The lowest BCUT2D eigenvalue weighted by Crippen LogP contribution is -2.41. The van der Waals surface area contributed by atoms with Gasteiger partial charge in [0.25, 0.3) is 0 Å². The Hall–Kier alpha value is -2.90. The Balaban J connectivity index is 1.67. The summed E-state index contributed by atoms with van der Waals surface area (Å²) in [6.45, 7) is 8.35. The molecule has 8 heteroatoms. The zero-order chi connectivity index (χ0) is 21.4. The van der Waals surface area contributed by atoms with E-state index in [1.807, 2.05) is 26.0 Å². The van der Waals surface area contributed by atoms with Gasteiger partial charge in [0.05, 0.1) is 0 Å². The van der Waals surface area contributed by atoms with Crippen LogP contribution in [0.5, 0.6) is 11.5 Å². The SMILES string of the molecule is CC1(C)CC(C)(C)c2cc(NC(=O)Nc3ccc(OC(F)(F)F)cc3)ccc2O1. The van der Waals surface area contributed by atoms with Gasteiger partial charge in [0, 0.05) is 16.9 Å². The van der Waals surface area contributed by atoms with Crippen LogP contribution in [0, 0.1) is 0 Å². The zero-order valence-electron chi connectivity index (χ0n) is 16.6. The molecular weight excluding hydrogens is 385 g/mol. The van der Waals surface area contributed by atoms with Crippen molar-refractivity contribution in [3.63, 3.8) is 0 Å². The minimum absolute atomic E-state index is 0.125. The maximum absolute atomic E-state index is 12.3. The summed E-state index contributed by atoms with van der Waals surface area (Å²) in [6, 6.07) is 9.85. The number of anilines is 2. The van der Waals surface area contributed by atoms with E-state index < -0.39 is 12.4 Å². The third kappa shape index (κ3) is 5.34. The Kier molecular flexibility index (Phi) is 5.15. The van der Waals surface area contributed by atoms with Gasteiger partial charge < -0.3 is 20.1 Å². The first-order valence-corrected chi connectivity index (χ1v) is 9.10. The molecule has 0 bridgehead atoms. The number of ether oxygens (including phenoxy) is 2. The average Bonchev–Trinajstić information content (AvgIpc) is 2.54. The van der Waals surface area contributed by atoms with E-state index in [9.17, 15) is 18.0 Å². The highest BCUT2D eigenvalue weighted by molar-refractivity contribution is 5.99. The lowest BCUT2D eigenvalue weighted by molar-refractivity contribution is -0.274. The van der Waals surface area contributed by atoms with E-state index in [0.717, 1.165) is 29.9 Å². The number of nitrogens with one attached hydrogen (secondary N) is 2. The van der Waals surface area contributed by atoms with Crippen molar-refractivity contribution in [1.82, 2.24) is 0 Å². The third-order valence-corrected chi connectivity index (χ3v) is 4.57. The summed E-state index contributed by atoms with van der Waals surface area (Å²) in [5, 5.41) is 5.31. The number of alkyl halides is 3. The van der Waals surface area contributed by atoms with Crippen LogP contribution in [0.1, 0.15) is 39.7 Å². The number of fused-ring (bicyclic) bond motifs is 1. The van der Waals surface area contributed by atoms with Crippen LogP contribution in [0.4, 0.5) is 29.3 Å². The number of rotatable bonds is 3. The maximum atomic E-state index is 12.3. The highest BCUT2D eigenvalue weighted by Gasteiger charge is 2.39. The molecule has 2 aromatic rings. The molecule has 3 rings (SSSR count). The largest absolute Gasteiger partial charge is 0.573 e. The Morgan fingerprint density at radius 2 is 1.59 bits per heavy atom. The number of urea groups is 1. The second kappa shape index (κ2) is 7.17. The van der Waals surface area contributed by atoms with Gasteiger partial charge in [-0.1, -0.05) is 13.8 Å².